The molecule has 0 saturated carbocycles. The largest absolute Gasteiger partial charge is 0.335 e. The van der Waals surface area contributed by atoms with Crippen LogP contribution in [0.25, 0.3) is 0 Å². The van der Waals surface area contributed by atoms with Crippen molar-refractivity contribution >= 4 is 52.5 Å². The smallest absolute Gasteiger partial charge is 0.332 e. The molecular weight excluding hydrogens is 415 g/mol. The summed E-state index contributed by atoms with van der Waals surface area (Å²) in [6, 6.07) is 11.8. The molecule has 0 spiro atoms. The maximum atomic E-state index is 12.9. The third kappa shape index (κ3) is 4.02. The Kier molecular flexibility index (Phi) is 5.34. The predicted octanol–water partition coefficient (Wildman–Crippen LogP) is 4.11. The van der Waals surface area contributed by atoms with Crippen LogP contribution >= 0.6 is 23.2 Å². The number of halogens is 2. The number of piperidine rings is 1. The minimum atomic E-state index is -0.590. The average molecular weight is 433 g/mol. The van der Waals surface area contributed by atoms with Gasteiger partial charge in [-0.3, -0.25) is 4.79 Å². The van der Waals surface area contributed by atoms with Gasteiger partial charge in [0.05, 0.1) is 5.69 Å². The van der Waals surface area contributed by atoms with Gasteiger partial charge in [0.15, 0.2) is 0 Å². The second kappa shape index (κ2) is 7.93. The number of amides is 5. The lowest BCUT2D eigenvalue weighted by atomic mass is 9.98. The van der Waals surface area contributed by atoms with Crippen molar-refractivity contribution in [3.63, 3.8) is 0 Å². The summed E-state index contributed by atoms with van der Waals surface area (Å²) >= 11 is 11.7. The van der Waals surface area contributed by atoms with Crippen molar-refractivity contribution in [2.45, 2.75) is 24.9 Å². The molecule has 2 aromatic rings. The second-order valence-electron chi connectivity index (χ2n) is 6.97. The summed E-state index contributed by atoms with van der Waals surface area (Å²) < 4.78 is 0. The Morgan fingerprint density at radius 3 is 2.24 bits per heavy atom. The normalized spacial score (nSPS) is 21.2. The number of urea groups is 2. The van der Waals surface area contributed by atoms with Crippen LogP contribution in [-0.4, -0.2) is 41.5 Å². The van der Waals surface area contributed by atoms with Crippen molar-refractivity contribution in [1.29, 1.82) is 0 Å². The molecular formula is C20H18Cl2N4O3. The number of carbonyl (C=O) groups excluding carboxylic acids is 3. The van der Waals surface area contributed by atoms with E-state index >= 15 is 0 Å². The first-order valence-corrected chi connectivity index (χ1v) is 9.91. The van der Waals surface area contributed by atoms with E-state index in [1.54, 1.807) is 53.4 Å². The van der Waals surface area contributed by atoms with E-state index in [4.69, 9.17) is 23.2 Å². The van der Waals surface area contributed by atoms with Crippen LogP contribution < -0.4 is 15.5 Å². The first-order valence-electron chi connectivity index (χ1n) is 9.15. The highest BCUT2D eigenvalue weighted by molar-refractivity contribution is 6.31. The number of fused-ring (bicyclic) bond motifs is 1. The molecule has 9 heteroatoms. The molecule has 5 amide bonds. The van der Waals surface area contributed by atoms with E-state index in [2.05, 4.69) is 10.6 Å². The summed E-state index contributed by atoms with van der Waals surface area (Å²) in [5.41, 5.74) is 1.11. The lowest BCUT2D eigenvalue weighted by Gasteiger charge is -2.32. The van der Waals surface area contributed by atoms with Gasteiger partial charge in [-0.15, -0.1) is 0 Å². The topological polar surface area (TPSA) is 81.8 Å². The Labute approximate surface area is 177 Å². The highest BCUT2D eigenvalue weighted by Crippen LogP contribution is 2.31. The number of nitrogens with zero attached hydrogens (tertiary/aromatic N) is 2. The quantitative estimate of drug-likeness (QED) is 0.715. The van der Waals surface area contributed by atoms with Crippen molar-refractivity contribution < 1.29 is 14.4 Å². The molecule has 2 fully saturated rings. The zero-order valence-corrected chi connectivity index (χ0v) is 16.8. The zero-order valence-electron chi connectivity index (χ0n) is 15.3. The highest BCUT2D eigenvalue weighted by atomic mass is 35.5. The molecule has 2 heterocycles. The second-order valence-corrected chi connectivity index (χ2v) is 7.84. The fourth-order valence-electron chi connectivity index (χ4n) is 3.64. The van der Waals surface area contributed by atoms with Crippen LogP contribution in [0.2, 0.25) is 10.0 Å². The predicted molar refractivity (Wildman–Crippen MR) is 111 cm³/mol. The summed E-state index contributed by atoms with van der Waals surface area (Å²) in [6.45, 7) is 0.394. The number of hydrogen-bond donors (Lipinski definition) is 2. The van der Waals surface area contributed by atoms with Crippen LogP contribution in [-0.2, 0) is 4.79 Å². The van der Waals surface area contributed by atoms with Gasteiger partial charge in [-0.25, -0.2) is 14.5 Å². The standard InChI is InChI=1S/C20H18Cl2N4O3/c21-12-1-5-14(6-2-12)23-19(28)24-15-9-10-25-17(11-15)18(27)26(20(25)29)16-7-3-13(22)4-8-16/h1-8,15,17H,9-11H2,(H2,23,24,28). The van der Waals surface area contributed by atoms with Gasteiger partial charge < -0.3 is 15.5 Å². The summed E-state index contributed by atoms with van der Waals surface area (Å²) in [6.07, 6.45) is 0.931. The van der Waals surface area contributed by atoms with E-state index in [-0.39, 0.29) is 24.0 Å². The van der Waals surface area contributed by atoms with Crippen molar-refractivity contribution in [3.05, 3.63) is 58.6 Å². The molecule has 7 nitrogen and oxygen atoms in total. The fraction of sp³-hybridized carbons (Fsp3) is 0.250. The van der Waals surface area contributed by atoms with Gasteiger partial charge in [0.25, 0.3) is 5.91 Å². The number of carbonyl (C=O) groups is 3. The van der Waals surface area contributed by atoms with Gasteiger partial charge in [-0.1, -0.05) is 23.2 Å². The highest BCUT2D eigenvalue weighted by Gasteiger charge is 2.48. The van der Waals surface area contributed by atoms with E-state index < -0.39 is 6.04 Å². The van der Waals surface area contributed by atoms with Gasteiger partial charge in [-0.2, -0.15) is 0 Å². The Bertz CT molecular complexity index is 949. The molecule has 2 atom stereocenters. The molecule has 2 unspecified atom stereocenters. The minimum absolute atomic E-state index is 0.217. The van der Waals surface area contributed by atoms with Gasteiger partial charge in [0, 0.05) is 28.3 Å². The third-order valence-electron chi connectivity index (χ3n) is 5.07. The maximum absolute atomic E-state index is 12.9. The summed E-state index contributed by atoms with van der Waals surface area (Å²) in [7, 11) is 0. The summed E-state index contributed by atoms with van der Waals surface area (Å²) in [5, 5.41) is 6.73. The van der Waals surface area contributed by atoms with E-state index in [1.807, 2.05) is 0 Å². The van der Waals surface area contributed by atoms with E-state index in [1.165, 1.54) is 4.90 Å². The molecule has 0 aliphatic carbocycles. The van der Waals surface area contributed by atoms with E-state index in [9.17, 15) is 14.4 Å². The van der Waals surface area contributed by atoms with Crippen LogP contribution in [0.5, 0.6) is 0 Å². The number of anilines is 2. The van der Waals surface area contributed by atoms with Crippen molar-refractivity contribution in [3.8, 4) is 0 Å². The molecule has 150 valence electrons. The van der Waals surface area contributed by atoms with Crippen molar-refractivity contribution in [2.75, 3.05) is 16.8 Å². The third-order valence-corrected chi connectivity index (χ3v) is 5.57. The van der Waals surface area contributed by atoms with Crippen LogP contribution in [0.15, 0.2) is 48.5 Å². The molecule has 2 aromatic carbocycles. The van der Waals surface area contributed by atoms with Gasteiger partial charge in [0.2, 0.25) is 0 Å². The Morgan fingerprint density at radius 1 is 0.966 bits per heavy atom. The Hall–Kier alpha value is -2.77. The molecule has 0 radical (unpaired) electrons. The van der Waals surface area contributed by atoms with Crippen LogP contribution in [0, 0.1) is 0 Å². The Morgan fingerprint density at radius 2 is 1.59 bits per heavy atom. The number of nitrogens with one attached hydrogen (secondary N) is 2. The Balaban J connectivity index is 1.40. The first-order chi connectivity index (χ1) is 13.9. The molecule has 2 aliphatic rings. The summed E-state index contributed by atoms with van der Waals surface area (Å²) in [4.78, 5) is 40.6. The number of rotatable bonds is 3. The van der Waals surface area contributed by atoms with Crippen LogP contribution in [0.4, 0.5) is 21.0 Å². The van der Waals surface area contributed by atoms with Crippen LogP contribution in [0.1, 0.15) is 12.8 Å². The molecule has 29 heavy (non-hydrogen) atoms. The van der Waals surface area contributed by atoms with Gasteiger partial charge >= 0.3 is 12.1 Å². The lowest BCUT2D eigenvalue weighted by molar-refractivity contribution is -0.120. The number of benzene rings is 2. The fourth-order valence-corrected chi connectivity index (χ4v) is 3.90. The van der Waals surface area contributed by atoms with Crippen molar-refractivity contribution in [2.24, 2.45) is 0 Å². The molecule has 2 saturated heterocycles. The van der Waals surface area contributed by atoms with Crippen molar-refractivity contribution in [1.82, 2.24) is 10.2 Å². The monoisotopic (exact) mass is 432 g/mol. The minimum Gasteiger partial charge on any atom is -0.335 e. The van der Waals surface area contributed by atoms with E-state index in [0.717, 1.165) is 0 Å². The molecule has 4 rings (SSSR count). The maximum Gasteiger partial charge on any atom is 0.332 e. The zero-order chi connectivity index (χ0) is 20.5. The lowest BCUT2D eigenvalue weighted by Crippen LogP contribution is -2.50. The molecule has 0 bridgehead atoms. The van der Waals surface area contributed by atoms with Gasteiger partial charge in [0.1, 0.15) is 6.04 Å². The van der Waals surface area contributed by atoms with Crippen LogP contribution in [0.3, 0.4) is 0 Å². The number of hydrogen-bond acceptors (Lipinski definition) is 3. The first kappa shape index (κ1) is 19.5. The average Bonchev–Trinajstić information content (AvgIpc) is 2.94. The van der Waals surface area contributed by atoms with E-state index in [0.29, 0.717) is 40.8 Å². The molecule has 2 aliphatic heterocycles. The summed E-state index contributed by atoms with van der Waals surface area (Å²) in [5.74, 6) is -0.290. The molecule has 2 N–H and O–H groups in total. The molecule has 0 aromatic heterocycles. The number of imide groups is 1. The van der Waals surface area contributed by atoms with Gasteiger partial charge in [-0.05, 0) is 61.4 Å². The SMILES string of the molecule is O=C(Nc1ccc(Cl)cc1)NC1CCN2C(=O)N(c3ccc(Cl)cc3)C(=O)C2C1.